The molecule has 0 N–H and O–H groups in total. The molecule has 1 saturated heterocycles. The van der Waals surface area contributed by atoms with Gasteiger partial charge >= 0.3 is 0 Å². The van der Waals surface area contributed by atoms with Gasteiger partial charge in [0.05, 0.1) is 11.3 Å². The van der Waals surface area contributed by atoms with Crippen molar-refractivity contribution in [2.45, 2.75) is 45.1 Å². The highest BCUT2D eigenvalue weighted by Gasteiger charge is 2.23. The largest absolute Gasteiger partial charge is 0.367 e. The fourth-order valence-electron chi connectivity index (χ4n) is 2.92. The Balaban J connectivity index is 2.33. The van der Waals surface area contributed by atoms with Crippen LogP contribution in [0.5, 0.6) is 0 Å². The molecule has 0 spiro atoms. The van der Waals surface area contributed by atoms with Gasteiger partial charge in [0, 0.05) is 18.2 Å². The van der Waals surface area contributed by atoms with Crippen LogP contribution in [0, 0.1) is 11.3 Å². The van der Waals surface area contributed by atoms with E-state index in [0.29, 0.717) is 17.2 Å². The maximum absolute atomic E-state index is 10.8. The summed E-state index contributed by atoms with van der Waals surface area (Å²) in [4.78, 5) is 13.2. The van der Waals surface area contributed by atoms with Gasteiger partial charge in [0.2, 0.25) is 0 Å². The summed E-state index contributed by atoms with van der Waals surface area (Å²) >= 11 is 0. The van der Waals surface area contributed by atoms with Crippen LogP contribution in [-0.4, -0.2) is 18.9 Å². The van der Waals surface area contributed by atoms with Gasteiger partial charge in [0.15, 0.2) is 0 Å². The highest BCUT2D eigenvalue weighted by molar-refractivity contribution is 5.78. The Morgan fingerprint density at radius 1 is 1.47 bits per heavy atom. The molecule has 0 aliphatic carbocycles. The number of piperidine rings is 1. The first kappa shape index (κ1) is 13.6. The molecule has 1 aromatic rings. The standard InChI is InChI=1S/C16H20N2O/c1-2-5-15-6-3-4-9-18(15)16-8-7-13(12-19)10-14(16)11-17/h7-8,10,12,15H,2-6,9H2,1H3. The Labute approximate surface area is 114 Å². The maximum atomic E-state index is 10.8. The molecular weight excluding hydrogens is 236 g/mol. The lowest BCUT2D eigenvalue weighted by Gasteiger charge is -2.38. The Bertz CT molecular complexity index is 488. The van der Waals surface area contributed by atoms with E-state index in [-0.39, 0.29) is 0 Å². The number of hydrogen-bond donors (Lipinski definition) is 0. The Hall–Kier alpha value is -1.82. The number of carbonyl (C=O) groups is 1. The van der Waals surface area contributed by atoms with Crippen molar-refractivity contribution in [3.05, 3.63) is 29.3 Å². The van der Waals surface area contributed by atoms with Gasteiger partial charge in [0.1, 0.15) is 12.4 Å². The molecule has 1 aromatic carbocycles. The summed E-state index contributed by atoms with van der Waals surface area (Å²) < 4.78 is 0. The number of carbonyl (C=O) groups excluding carboxylic acids is 1. The van der Waals surface area contributed by atoms with Gasteiger partial charge in [-0.1, -0.05) is 13.3 Å². The SMILES string of the molecule is CCCC1CCCCN1c1ccc(C=O)cc1C#N. The molecule has 2 rings (SSSR count). The summed E-state index contributed by atoms with van der Waals surface area (Å²) in [5.74, 6) is 0. The van der Waals surface area contributed by atoms with Crippen LogP contribution in [-0.2, 0) is 0 Å². The second-order valence-corrected chi connectivity index (χ2v) is 5.14. The van der Waals surface area contributed by atoms with Gasteiger partial charge in [-0.25, -0.2) is 0 Å². The van der Waals surface area contributed by atoms with Crippen LogP contribution in [0.3, 0.4) is 0 Å². The van der Waals surface area contributed by atoms with E-state index in [0.717, 1.165) is 24.9 Å². The van der Waals surface area contributed by atoms with Crippen molar-refractivity contribution in [1.82, 2.24) is 0 Å². The second kappa shape index (κ2) is 6.38. The molecule has 1 atom stereocenters. The first-order valence-electron chi connectivity index (χ1n) is 7.06. The molecule has 0 bridgehead atoms. The minimum Gasteiger partial charge on any atom is -0.367 e. The number of rotatable bonds is 4. The predicted molar refractivity (Wildman–Crippen MR) is 76.4 cm³/mol. The van der Waals surface area contributed by atoms with E-state index in [9.17, 15) is 10.1 Å². The highest BCUT2D eigenvalue weighted by Crippen LogP contribution is 2.30. The third-order valence-corrected chi connectivity index (χ3v) is 3.84. The van der Waals surface area contributed by atoms with Crippen molar-refractivity contribution >= 4 is 12.0 Å². The summed E-state index contributed by atoms with van der Waals surface area (Å²) in [6, 6.07) is 8.19. The van der Waals surface area contributed by atoms with Crippen LogP contribution in [0.2, 0.25) is 0 Å². The zero-order valence-electron chi connectivity index (χ0n) is 11.4. The highest BCUT2D eigenvalue weighted by atomic mass is 16.1. The van der Waals surface area contributed by atoms with E-state index in [4.69, 9.17) is 0 Å². The molecule has 1 fully saturated rings. The molecule has 0 amide bonds. The van der Waals surface area contributed by atoms with Gasteiger partial charge in [-0.3, -0.25) is 4.79 Å². The van der Waals surface area contributed by atoms with Crippen molar-refractivity contribution in [3.8, 4) is 6.07 Å². The third kappa shape index (κ3) is 2.96. The van der Waals surface area contributed by atoms with E-state index < -0.39 is 0 Å². The van der Waals surface area contributed by atoms with E-state index in [1.165, 1.54) is 25.7 Å². The zero-order valence-corrected chi connectivity index (χ0v) is 11.4. The van der Waals surface area contributed by atoms with Gasteiger partial charge < -0.3 is 4.90 Å². The molecule has 0 radical (unpaired) electrons. The molecule has 100 valence electrons. The summed E-state index contributed by atoms with van der Waals surface area (Å²) in [5, 5.41) is 9.29. The number of nitrogens with zero attached hydrogens (tertiary/aromatic N) is 2. The fourth-order valence-corrected chi connectivity index (χ4v) is 2.92. The van der Waals surface area contributed by atoms with Crippen LogP contribution >= 0.6 is 0 Å². The fraction of sp³-hybridized carbons (Fsp3) is 0.500. The van der Waals surface area contributed by atoms with E-state index >= 15 is 0 Å². The topological polar surface area (TPSA) is 44.1 Å². The zero-order chi connectivity index (χ0) is 13.7. The smallest absolute Gasteiger partial charge is 0.150 e. The molecule has 1 unspecified atom stereocenters. The lowest BCUT2D eigenvalue weighted by Crippen LogP contribution is -2.39. The molecule has 3 nitrogen and oxygen atoms in total. The van der Waals surface area contributed by atoms with Crippen LogP contribution in [0.1, 0.15) is 54.9 Å². The van der Waals surface area contributed by atoms with Crippen LogP contribution in [0.4, 0.5) is 5.69 Å². The maximum Gasteiger partial charge on any atom is 0.150 e. The molecule has 0 aromatic heterocycles. The van der Waals surface area contributed by atoms with E-state index in [1.807, 2.05) is 6.07 Å². The van der Waals surface area contributed by atoms with Crippen LogP contribution in [0.25, 0.3) is 0 Å². The Kier molecular flexibility index (Phi) is 4.57. The van der Waals surface area contributed by atoms with Crippen molar-refractivity contribution in [1.29, 1.82) is 5.26 Å². The Morgan fingerprint density at radius 3 is 3.00 bits per heavy atom. The van der Waals surface area contributed by atoms with Gasteiger partial charge in [-0.15, -0.1) is 0 Å². The molecule has 1 aliphatic heterocycles. The number of aldehydes is 1. The van der Waals surface area contributed by atoms with Gasteiger partial charge in [-0.2, -0.15) is 5.26 Å². The van der Waals surface area contributed by atoms with Gasteiger partial charge in [0.25, 0.3) is 0 Å². The summed E-state index contributed by atoms with van der Waals surface area (Å²) in [6.07, 6.45) is 6.78. The molecule has 1 aliphatic rings. The number of anilines is 1. The molecular formula is C16H20N2O. The quantitative estimate of drug-likeness (QED) is 0.774. The summed E-state index contributed by atoms with van der Waals surface area (Å²) in [7, 11) is 0. The molecule has 0 saturated carbocycles. The normalized spacial score (nSPS) is 18.9. The first-order valence-corrected chi connectivity index (χ1v) is 7.06. The summed E-state index contributed by atoms with van der Waals surface area (Å²) in [5.41, 5.74) is 2.18. The average Bonchev–Trinajstić information content (AvgIpc) is 2.47. The monoisotopic (exact) mass is 256 g/mol. The third-order valence-electron chi connectivity index (χ3n) is 3.84. The number of nitriles is 1. The lowest BCUT2D eigenvalue weighted by molar-refractivity contribution is 0.112. The van der Waals surface area contributed by atoms with Crippen molar-refractivity contribution in [3.63, 3.8) is 0 Å². The number of benzene rings is 1. The van der Waals surface area contributed by atoms with Crippen molar-refractivity contribution in [2.24, 2.45) is 0 Å². The minimum atomic E-state index is 0.535. The van der Waals surface area contributed by atoms with Crippen molar-refractivity contribution < 1.29 is 4.79 Å². The van der Waals surface area contributed by atoms with Crippen molar-refractivity contribution in [2.75, 3.05) is 11.4 Å². The molecule has 1 heterocycles. The average molecular weight is 256 g/mol. The van der Waals surface area contributed by atoms with Crippen LogP contribution < -0.4 is 4.90 Å². The second-order valence-electron chi connectivity index (χ2n) is 5.14. The minimum absolute atomic E-state index is 0.535. The van der Waals surface area contributed by atoms with Gasteiger partial charge in [-0.05, 0) is 43.9 Å². The molecule has 19 heavy (non-hydrogen) atoms. The number of hydrogen-bond acceptors (Lipinski definition) is 3. The Morgan fingerprint density at radius 2 is 2.32 bits per heavy atom. The van der Waals surface area contributed by atoms with E-state index in [1.54, 1.807) is 12.1 Å². The first-order chi connectivity index (χ1) is 9.30. The summed E-state index contributed by atoms with van der Waals surface area (Å²) in [6.45, 7) is 3.22. The van der Waals surface area contributed by atoms with Crippen LogP contribution in [0.15, 0.2) is 18.2 Å². The lowest BCUT2D eigenvalue weighted by atomic mass is 9.96. The van der Waals surface area contributed by atoms with E-state index in [2.05, 4.69) is 17.9 Å². The predicted octanol–water partition coefficient (Wildman–Crippen LogP) is 3.53. The molecule has 3 heteroatoms.